The number of carbonyl (C=O) groups is 1. The average molecular weight is 353 g/mol. The number of nitrogens with one attached hydrogen (secondary N) is 1. The van der Waals surface area contributed by atoms with E-state index in [0.717, 1.165) is 62.9 Å². The van der Waals surface area contributed by atoms with E-state index in [4.69, 9.17) is 4.74 Å². The Bertz CT molecular complexity index is 536. The fourth-order valence-corrected chi connectivity index (χ4v) is 3.96. The van der Waals surface area contributed by atoms with E-state index in [1.54, 1.807) is 11.3 Å². The largest absolute Gasteiger partial charge is 0.376 e. The summed E-state index contributed by atoms with van der Waals surface area (Å²) in [5.41, 5.74) is 1.16. The topological polar surface area (TPSA) is 57.7 Å². The van der Waals surface area contributed by atoms with Crippen LogP contribution in [-0.4, -0.2) is 72.2 Å². The molecule has 3 heterocycles. The number of aryl methyl sites for hydroxylation is 1. The third kappa shape index (κ3) is 4.75. The first-order chi connectivity index (χ1) is 11.6. The molecular formula is C17H28N4O2S. The van der Waals surface area contributed by atoms with Crippen LogP contribution in [0.5, 0.6) is 0 Å². The zero-order chi connectivity index (χ0) is 16.9. The van der Waals surface area contributed by atoms with Crippen molar-refractivity contribution < 1.29 is 9.53 Å². The van der Waals surface area contributed by atoms with Crippen molar-refractivity contribution in [3.63, 3.8) is 0 Å². The summed E-state index contributed by atoms with van der Waals surface area (Å²) in [6.45, 7) is 10.3. The van der Waals surface area contributed by atoms with Crippen LogP contribution in [0.15, 0.2) is 5.38 Å². The SMILES string of the molecule is Cc1nc(CN2CCN([C@@H](C)C(=O)NC[C@@H]3CCCO3)CC2)cs1. The Kier molecular flexibility index (Phi) is 6.21. The minimum absolute atomic E-state index is 0.0740. The Morgan fingerprint density at radius 3 is 2.88 bits per heavy atom. The van der Waals surface area contributed by atoms with Gasteiger partial charge in [-0.15, -0.1) is 11.3 Å². The monoisotopic (exact) mass is 352 g/mol. The van der Waals surface area contributed by atoms with Gasteiger partial charge in [0.15, 0.2) is 0 Å². The molecule has 2 fully saturated rings. The number of hydrogen-bond donors (Lipinski definition) is 1. The van der Waals surface area contributed by atoms with Gasteiger partial charge in [0.2, 0.25) is 5.91 Å². The maximum atomic E-state index is 12.3. The van der Waals surface area contributed by atoms with E-state index in [2.05, 4.69) is 25.5 Å². The second-order valence-electron chi connectivity index (χ2n) is 6.73. The Morgan fingerprint density at radius 1 is 1.46 bits per heavy atom. The molecule has 7 heteroatoms. The van der Waals surface area contributed by atoms with Crippen LogP contribution in [0.2, 0.25) is 0 Å². The molecule has 2 atom stereocenters. The van der Waals surface area contributed by atoms with E-state index in [-0.39, 0.29) is 18.1 Å². The molecule has 24 heavy (non-hydrogen) atoms. The molecule has 0 spiro atoms. The van der Waals surface area contributed by atoms with Gasteiger partial charge in [-0.1, -0.05) is 0 Å². The zero-order valence-corrected chi connectivity index (χ0v) is 15.5. The summed E-state index contributed by atoms with van der Waals surface area (Å²) in [7, 11) is 0. The van der Waals surface area contributed by atoms with Crippen molar-refractivity contribution >= 4 is 17.2 Å². The Hall–Kier alpha value is -1.02. The predicted octanol–water partition coefficient (Wildman–Crippen LogP) is 1.25. The minimum Gasteiger partial charge on any atom is -0.376 e. The smallest absolute Gasteiger partial charge is 0.237 e. The van der Waals surface area contributed by atoms with E-state index in [1.807, 2.05) is 13.8 Å². The number of rotatable bonds is 6. The van der Waals surface area contributed by atoms with E-state index >= 15 is 0 Å². The lowest BCUT2D eigenvalue weighted by Gasteiger charge is -2.37. The van der Waals surface area contributed by atoms with Gasteiger partial charge in [-0.2, -0.15) is 0 Å². The first-order valence-electron chi connectivity index (χ1n) is 8.88. The summed E-state index contributed by atoms with van der Waals surface area (Å²) in [5, 5.41) is 6.31. The number of ether oxygens (including phenoxy) is 1. The lowest BCUT2D eigenvalue weighted by atomic mass is 10.2. The molecule has 0 aromatic carbocycles. The van der Waals surface area contributed by atoms with Gasteiger partial charge in [0.25, 0.3) is 0 Å². The molecule has 6 nitrogen and oxygen atoms in total. The van der Waals surface area contributed by atoms with Crippen LogP contribution in [0, 0.1) is 6.92 Å². The molecule has 134 valence electrons. The predicted molar refractivity (Wildman–Crippen MR) is 95.1 cm³/mol. The van der Waals surface area contributed by atoms with E-state index < -0.39 is 0 Å². The second-order valence-corrected chi connectivity index (χ2v) is 7.79. The quantitative estimate of drug-likeness (QED) is 0.835. The molecule has 2 aliphatic heterocycles. The highest BCUT2D eigenvalue weighted by Gasteiger charge is 2.26. The van der Waals surface area contributed by atoms with Gasteiger partial charge in [0.05, 0.1) is 22.8 Å². The molecule has 1 aromatic rings. The van der Waals surface area contributed by atoms with Gasteiger partial charge >= 0.3 is 0 Å². The van der Waals surface area contributed by atoms with E-state index in [1.165, 1.54) is 0 Å². The molecule has 2 aliphatic rings. The van der Waals surface area contributed by atoms with Gasteiger partial charge in [0.1, 0.15) is 0 Å². The number of nitrogens with zero attached hydrogens (tertiary/aromatic N) is 3. The fraction of sp³-hybridized carbons (Fsp3) is 0.765. The summed E-state index contributed by atoms with van der Waals surface area (Å²) in [6.07, 6.45) is 2.37. The minimum atomic E-state index is -0.0740. The molecule has 3 rings (SSSR count). The van der Waals surface area contributed by atoms with Crippen molar-refractivity contribution in [3.05, 3.63) is 16.1 Å². The summed E-state index contributed by atoms with van der Waals surface area (Å²) in [4.78, 5) is 21.6. The summed E-state index contributed by atoms with van der Waals surface area (Å²) < 4.78 is 5.56. The van der Waals surface area contributed by atoms with Crippen molar-refractivity contribution in [2.75, 3.05) is 39.3 Å². The maximum absolute atomic E-state index is 12.3. The van der Waals surface area contributed by atoms with E-state index in [0.29, 0.717) is 6.54 Å². The maximum Gasteiger partial charge on any atom is 0.237 e. The Labute approximate surface area is 148 Å². The average Bonchev–Trinajstić information content (AvgIpc) is 3.24. The normalized spacial score (nSPS) is 24.2. The number of thiazole rings is 1. The molecule has 0 radical (unpaired) electrons. The molecule has 0 aliphatic carbocycles. The van der Waals surface area contributed by atoms with Crippen molar-refractivity contribution in [1.82, 2.24) is 20.1 Å². The van der Waals surface area contributed by atoms with Crippen LogP contribution in [0.4, 0.5) is 0 Å². The van der Waals surface area contributed by atoms with Crippen LogP contribution in [0.3, 0.4) is 0 Å². The van der Waals surface area contributed by atoms with Gasteiger partial charge in [0, 0.05) is 51.3 Å². The lowest BCUT2D eigenvalue weighted by molar-refractivity contribution is -0.127. The summed E-state index contributed by atoms with van der Waals surface area (Å²) >= 11 is 1.71. The number of aromatic nitrogens is 1. The molecule has 1 aromatic heterocycles. The standard InChI is InChI=1S/C17H28N4O2S/c1-13(17(22)18-10-16-4-3-9-23-16)21-7-5-20(6-8-21)11-15-12-24-14(2)19-15/h12-13,16H,3-11H2,1-2H3,(H,18,22)/t13-,16-/m0/s1. The van der Waals surface area contributed by atoms with Crippen molar-refractivity contribution in [3.8, 4) is 0 Å². The number of amides is 1. The molecule has 0 unspecified atom stereocenters. The van der Waals surface area contributed by atoms with Crippen molar-refractivity contribution in [2.45, 2.75) is 45.4 Å². The lowest BCUT2D eigenvalue weighted by Crippen LogP contribution is -2.54. The highest BCUT2D eigenvalue weighted by Crippen LogP contribution is 2.14. The number of hydrogen-bond acceptors (Lipinski definition) is 6. The molecule has 2 saturated heterocycles. The van der Waals surface area contributed by atoms with Gasteiger partial charge in [-0.05, 0) is 26.7 Å². The van der Waals surface area contributed by atoms with E-state index in [9.17, 15) is 4.79 Å². The molecule has 0 bridgehead atoms. The molecular weight excluding hydrogens is 324 g/mol. The number of carbonyl (C=O) groups excluding carboxylic acids is 1. The molecule has 1 amide bonds. The summed E-state index contributed by atoms with van der Waals surface area (Å²) in [5.74, 6) is 0.120. The van der Waals surface area contributed by atoms with Crippen LogP contribution < -0.4 is 5.32 Å². The summed E-state index contributed by atoms with van der Waals surface area (Å²) in [6, 6.07) is -0.0740. The second kappa shape index (κ2) is 8.38. The van der Waals surface area contributed by atoms with Crippen molar-refractivity contribution in [2.24, 2.45) is 0 Å². The van der Waals surface area contributed by atoms with Crippen LogP contribution in [0.25, 0.3) is 0 Å². The van der Waals surface area contributed by atoms with Gasteiger partial charge in [-0.3, -0.25) is 14.6 Å². The third-order valence-electron chi connectivity index (χ3n) is 4.91. The fourth-order valence-electron chi connectivity index (χ4n) is 3.35. The molecule has 0 saturated carbocycles. The Morgan fingerprint density at radius 2 is 2.25 bits per heavy atom. The first kappa shape index (κ1) is 17.8. The molecule has 1 N–H and O–H groups in total. The van der Waals surface area contributed by atoms with Crippen LogP contribution in [-0.2, 0) is 16.1 Å². The zero-order valence-electron chi connectivity index (χ0n) is 14.7. The Balaban J connectivity index is 1.39. The third-order valence-corrected chi connectivity index (χ3v) is 5.74. The van der Waals surface area contributed by atoms with Gasteiger partial charge < -0.3 is 10.1 Å². The first-order valence-corrected chi connectivity index (χ1v) is 9.76. The van der Waals surface area contributed by atoms with Crippen LogP contribution in [0.1, 0.15) is 30.5 Å². The highest BCUT2D eigenvalue weighted by molar-refractivity contribution is 7.09. The van der Waals surface area contributed by atoms with Gasteiger partial charge in [-0.25, -0.2) is 4.98 Å². The highest BCUT2D eigenvalue weighted by atomic mass is 32.1. The number of piperazine rings is 1. The van der Waals surface area contributed by atoms with Crippen LogP contribution >= 0.6 is 11.3 Å². The van der Waals surface area contributed by atoms with Crippen molar-refractivity contribution in [1.29, 1.82) is 0 Å².